The van der Waals surface area contributed by atoms with E-state index in [2.05, 4.69) is 25.7 Å². The Bertz CT molecular complexity index is 1040. The van der Waals surface area contributed by atoms with Gasteiger partial charge in [-0.2, -0.15) is 5.10 Å². The van der Waals surface area contributed by atoms with Crippen molar-refractivity contribution in [3.8, 4) is 0 Å². The van der Waals surface area contributed by atoms with Gasteiger partial charge in [0, 0.05) is 11.8 Å². The van der Waals surface area contributed by atoms with Crippen LogP contribution in [0.25, 0.3) is 5.76 Å². The van der Waals surface area contributed by atoms with Crippen LogP contribution in [-0.4, -0.2) is 59.4 Å². The summed E-state index contributed by atoms with van der Waals surface area (Å²) < 4.78 is 9.72. The topological polar surface area (TPSA) is 135 Å². The summed E-state index contributed by atoms with van der Waals surface area (Å²) in [5, 5.41) is 22.3. The van der Waals surface area contributed by atoms with Crippen molar-refractivity contribution in [3.63, 3.8) is 0 Å². The predicted molar refractivity (Wildman–Crippen MR) is 121 cm³/mol. The Labute approximate surface area is 189 Å². The molecule has 1 atom stereocenters. The van der Waals surface area contributed by atoms with Crippen molar-refractivity contribution in [3.05, 3.63) is 58.3 Å². The highest BCUT2D eigenvalue weighted by Crippen LogP contribution is 2.16. The Balaban J connectivity index is 2.31. The zero-order chi connectivity index (χ0) is 23.5. The number of aliphatic hydroxyl groups excluding tert-OH is 1. The minimum absolute atomic E-state index is 0.0888. The lowest BCUT2D eigenvalue weighted by atomic mass is 10.1. The van der Waals surface area contributed by atoms with Crippen LogP contribution in [0.2, 0.25) is 5.15 Å². The molecule has 2 rings (SSSR count). The van der Waals surface area contributed by atoms with Gasteiger partial charge in [-0.3, -0.25) is 10.4 Å². The number of carbonyl (C=O) groups excluding carboxylic acids is 2. The van der Waals surface area contributed by atoms with Gasteiger partial charge < -0.3 is 14.6 Å². The summed E-state index contributed by atoms with van der Waals surface area (Å²) in [4.78, 5) is 28.5. The maximum absolute atomic E-state index is 12.4. The van der Waals surface area contributed by atoms with Gasteiger partial charge in [0.1, 0.15) is 11.3 Å². The number of nitrogens with one attached hydrogen (secondary N) is 1. The van der Waals surface area contributed by atoms with E-state index in [4.69, 9.17) is 21.1 Å². The number of aliphatic imine (C=N–C) groups is 1. The molecule has 1 heterocycles. The molecule has 32 heavy (non-hydrogen) atoms. The van der Waals surface area contributed by atoms with E-state index < -0.39 is 18.0 Å². The number of aromatic nitrogens is 2. The van der Waals surface area contributed by atoms with Crippen LogP contribution < -0.4 is 5.43 Å². The second-order valence-corrected chi connectivity index (χ2v) is 6.57. The molecule has 0 amide bonds. The normalized spacial score (nSPS) is 13.0. The summed E-state index contributed by atoms with van der Waals surface area (Å²) in [5.41, 5.74) is 3.46. The molecule has 0 saturated heterocycles. The summed E-state index contributed by atoms with van der Waals surface area (Å²) in [6, 6.07) is 8.75. The first-order chi connectivity index (χ1) is 15.4. The van der Waals surface area contributed by atoms with E-state index in [1.54, 1.807) is 50.2 Å². The average Bonchev–Trinajstić information content (AvgIpc) is 2.79. The third-order valence-electron chi connectivity index (χ3n) is 3.95. The van der Waals surface area contributed by atoms with Gasteiger partial charge in [0.15, 0.2) is 17.0 Å². The summed E-state index contributed by atoms with van der Waals surface area (Å²) in [5.74, 6) is -1.57. The quantitative estimate of drug-likeness (QED) is 0.192. The number of rotatable bonds is 9. The predicted octanol–water partition coefficient (Wildman–Crippen LogP) is 2.98. The number of halogens is 1. The number of hydrazone groups is 1. The van der Waals surface area contributed by atoms with E-state index in [9.17, 15) is 14.7 Å². The van der Waals surface area contributed by atoms with Crippen LogP contribution in [0, 0.1) is 6.92 Å². The van der Waals surface area contributed by atoms with Gasteiger partial charge in [-0.1, -0.05) is 41.9 Å². The number of methoxy groups -OCH3 is 1. The number of benzene rings is 1. The Morgan fingerprint density at radius 1 is 1.28 bits per heavy atom. The zero-order valence-electron chi connectivity index (χ0n) is 17.7. The van der Waals surface area contributed by atoms with E-state index in [0.717, 1.165) is 12.4 Å². The van der Waals surface area contributed by atoms with Crippen LogP contribution in [0.3, 0.4) is 0 Å². The third-order valence-corrected chi connectivity index (χ3v) is 4.13. The van der Waals surface area contributed by atoms with Gasteiger partial charge in [0.05, 0.1) is 19.9 Å². The number of anilines is 1. The van der Waals surface area contributed by atoms with Crippen LogP contribution >= 0.6 is 11.6 Å². The molecule has 1 aromatic carbocycles. The van der Waals surface area contributed by atoms with Gasteiger partial charge in [0.25, 0.3) is 0 Å². The van der Waals surface area contributed by atoms with Gasteiger partial charge in [-0.25, -0.2) is 9.59 Å². The van der Waals surface area contributed by atoms with Crippen LogP contribution in [0.4, 0.5) is 5.82 Å². The second kappa shape index (κ2) is 12.2. The van der Waals surface area contributed by atoms with E-state index in [1.165, 1.54) is 7.11 Å². The molecule has 0 aliphatic carbocycles. The molecule has 1 aromatic heterocycles. The fourth-order valence-corrected chi connectivity index (χ4v) is 2.54. The largest absolute Gasteiger partial charge is 0.506 e. The van der Waals surface area contributed by atoms with E-state index in [-0.39, 0.29) is 23.1 Å². The summed E-state index contributed by atoms with van der Waals surface area (Å²) in [7, 11) is 1.18. The first kappa shape index (κ1) is 24.5. The molecule has 2 N–H and O–H groups in total. The van der Waals surface area contributed by atoms with Crippen LogP contribution in [0.5, 0.6) is 0 Å². The van der Waals surface area contributed by atoms with Crippen LogP contribution in [0.15, 0.2) is 52.1 Å². The van der Waals surface area contributed by atoms with Gasteiger partial charge in [-0.15, -0.1) is 10.2 Å². The smallest absolute Gasteiger partial charge is 0.343 e. The van der Waals surface area contributed by atoms with Crippen molar-refractivity contribution in [1.82, 2.24) is 10.2 Å². The molecular weight excluding hydrogens is 438 g/mol. The van der Waals surface area contributed by atoms with E-state index in [0.29, 0.717) is 16.9 Å². The Hall–Kier alpha value is -3.79. The van der Waals surface area contributed by atoms with Gasteiger partial charge >= 0.3 is 11.9 Å². The van der Waals surface area contributed by atoms with Gasteiger partial charge in [-0.05, 0) is 25.5 Å². The Kier molecular flexibility index (Phi) is 9.30. The first-order valence-electron chi connectivity index (χ1n) is 9.43. The van der Waals surface area contributed by atoms with Crippen molar-refractivity contribution in [2.24, 2.45) is 10.1 Å². The molecule has 11 heteroatoms. The molecule has 0 aliphatic rings. The Morgan fingerprint density at radius 3 is 2.62 bits per heavy atom. The second-order valence-electron chi connectivity index (χ2n) is 6.18. The number of ether oxygens (including phenoxy) is 2. The fourth-order valence-electron chi connectivity index (χ4n) is 2.34. The van der Waals surface area contributed by atoms with E-state index in [1.807, 2.05) is 0 Å². The van der Waals surface area contributed by atoms with Crippen molar-refractivity contribution in [1.29, 1.82) is 0 Å². The van der Waals surface area contributed by atoms with Crippen molar-refractivity contribution < 1.29 is 24.2 Å². The lowest BCUT2D eigenvalue weighted by molar-refractivity contribution is -0.140. The molecule has 0 aliphatic heterocycles. The summed E-state index contributed by atoms with van der Waals surface area (Å²) in [6.07, 6.45) is 2.20. The van der Waals surface area contributed by atoms with Crippen LogP contribution in [-0.2, 0) is 19.1 Å². The number of hydrogen-bond donors (Lipinski definition) is 2. The molecule has 1 unspecified atom stereocenters. The molecule has 168 valence electrons. The molecule has 0 fully saturated rings. The molecule has 0 bridgehead atoms. The van der Waals surface area contributed by atoms with Crippen molar-refractivity contribution in [2.75, 3.05) is 19.1 Å². The minimum atomic E-state index is -1.22. The molecule has 10 nitrogen and oxygen atoms in total. The number of esters is 2. The number of carbonyl (C=O) groups is 2. The molecule has 2 aromatic rings. The molecule has 0 saturated carbocycles. The standard InChI is InChI=1S/C21H22ClN5O5/c1-4-32-20(29)15(18(28)14-8-6-5-7-9-14)11-23-16(21(30)31-3)12-24-26-19-13(2)10-17(22)25-27-19/h5-12,16,28H,4H2,1-3H3,(H,26,27)/b18-15+,23-11?,24-12-. The van der Waals surface area contributed by atoms with Crippen LogP contribution in [0.1, 0.15) is 18.1 Å². The average molecular weight is 460 g/mol. The van der Waals surface area contributed by atoms with Crippen molar-refractivity contribution >= 4 is 47.5 Å². The fraction of sp³-hybridized carbons (Fsp3) is 0.238. The Morgan fingerprint density at radius 2 is 2.00 bits per heavy atom. The molecular formula is C21H22ClN5O5. The van der Waals surface area contributed by atoms with Crippen molar-refractivity contribution in [2.45, 2.75) is 19.9 Å². The summed E-state index contributed by atoms with van der Waals surface area (Å²) in [6.45, 7) is 3.46. The SMILES string of the molecule is CCOC(=O)/C(C=NC(/C=N\Nc1nnc(Cl)cc1C)C(=O)OC)=C(/O)c1ccccc1. The van der Waals surface area contributed by atoms with Gasteiger partial charge in [0.2, 0.25) is 0 Å². The van der Waals surface area contributed by atoms with E-state index >= 15 is 0 Å². The number of aliphatic hydroxyl groups is 1. The summed E-state index contributed by atoms with van der Waals surface area (Å²) >= 11 is 5.77. The number of hydrogen-bond acceptors (Lipinski definition) is 10. The lowest BCUT2D eigenvalue weighted by Gasteiger charge is -2.09. The third kappa shape index (κ3) is 6.88. The number of nitrogens with zero attached hydrogens (tertiary/aromatic N) is 4. The molecule has 0 spiro atoms. The zero-order valence-corrected chi connectivity index (χ0v) is 18.4. The highest BCUT2D eigenvalue weighted by atomic mass is 35.5. The maximum Gasteiger partial charge on any atom is 0.343 e. The minimum Gasteiger partial charge on any atom is -0.506 e. The maximum atomic E-state index is 12.4. The highest BCUT2D eigenvalue weighted by molar-refractivity contribution is 6.29. The number of aryl methyl sites for hydroxylation is 1. The first-order valence-corrected chi connectivity index (χ1v) is 9.81. The highest BCUT2D eigenvalue weighted by Gasteiger charge is 2.19. The lowest BCUT2D eigenvalue weighted by Crippen LogP contribution is -2.23. The molecule has 0 radical (unpaired) electrons. The monoisotopic (exact) mass is 459 g/mol.